The van der Waals surface area contributed by atoms with Crippen LogP contribution in [0.25, 0.3) is 0 Å². The van der Waals surface area contributed by atoms with Gasteiger partial charge in [-0.25, -0.2) is 0 Å². The number of alkyl halides is 1. The van der Waals surface area contributed by atoms with Crippen LogP contribution in [0.4, 0.5) is 0 Å². The van der Waals surface area contributed by atoms with E-state index in [2.05, 4.69) is 12.1 Å². The first-order chi connectivity index (χ1) is 9.56. The molecule has 0 aliphatic rings. The van der Waals surface area contributed by atoms with Crippen LogP contribution in [0.3, 0.4) is 0 Å². The van der Waals surface area contributed by atoms with Crippen LogP contribution in [0.15, 0.2) is 24.3 Å². The molecule has 1 rings (SSSR count). The molecule has 0 aliphatic heterocycles. The third kappa shape index (κ3) is 6.19. The van der Waals surface area contributed by atoms with Crippen molar-refractivity contribution in [3.63, 3.8) is 0 Å². The minimum absolute atomic E-state index is 0.0894. The molecule has 0 heterocycles. The first kappa shape index (κ1) is 17.4. The van der Waals surface area contributed by atoms with Gasteiger partial charge in [0.05, 0.1) is 6.61 Å². The highest BCUT2D eigenvalue weighted by molar-refractivity contribution is 7.99. The van der Waals surface area contributed by atoms with Crippen LogP contribution in [-0.4, -0.2) is 17.8 Å². The Morgan fingerprint density at radius 2 is 2.05 bits per heavy atom. The molecule has 0 saturated carbocycles. The van der Waals surface area contributed by atoms with Crippen LogP contribution in [0, 0.1) is 5.92 Å². The summed E-state index contributed by atoms with van der Waals surface area (Å²) in [6, 6.07) is 8.17. The maximum absolute atomic E-state index is 12.0. The Labute approximate surface area is 131 Å². The number of benzene rings is 1. The average molecular weight is 315 g/mol. The Morgan fingerprint density at radius 3 is 2.65 bits per heavy atom. The van der Waals surface area contributed by atoms with Crippen molar-refractivity contribution in [3.8, 4) is 0 Å². The second kappa shape index (κ2) is 9.30. The number of carbonyl (C=O) groups is 1. The zero-order valence-corrected chi connectivity index (χ0v) is 14.0. The van der Waals surface area contributed by atoms with E-state index in [0.717, 1.165) is 17.7 Å². The van der Waals surface area contributed by atoms with Gasteiger partial charge < -0.3 is 4.74 Å². The maximum Gasteiger partial charge on any atom is 0.319 e. The standard InChI is InChI=1S/C16H23ClO2S/c1-4-15(16(18)19-10-12(2)3)20-11-14-7-5-6-13(8-14)9-17/h5-8,12,15H,4,9-11H2,1-3H3. The average Bonchev–Trinajstić information content (AvgIpc) is 2.46. The van der Waals surface area contributed by atoms with Crippen molar-refractivity contribution < 1.29 is 9.53 Å². The highest BCUT2D eigenvalue weighted by atomic mass is 35.5. The molecule has 112 valence electrons. The Kier molecular flexibility index (Phi) is 8.08. The lowest BCUT2D eigenvalue weighted by atomic mass is 10.2. The maximum atomic E-state index is 12.0. The van der Waals surface area contributed by atoms with E-state index in [1.54, 1.807) is 11.8 Å². The molecule has 0 radical (unpaired) electrons. The summed E-state index contributed by atoms with van der Waals surface area (Å²) in [5.74, 6) is 1.60. The van der Waals surface area contributed by atoms with E-state index in [4.69, 9.17) is 16.3 Å². The molecule has 2 nitrogen and oxygen atoms in total. The zero-order valence-electron chi connectivity index (χ0n) is 12.4. The largest absolute Gasteiger partial charge is 0.465 e. The molecular formula is C16H23ClO2S. The van der Waals surface area contributed by atoms with Gasteiger partial charge in [-0.15, -0.1) is 23.4 Å². The van der Waals surface area contributed by atoms with Gasteiger partial charge in [0.15, 0.2) is 0 Å². The topological polar surface area (TPSA) is 26.3 Å². The predicted octanol–water partition coefficient (Wildman–Crippen LogP) is 4.64. The van der Waals surface area contributed by atoms with Crippen molar-refractivity contribution in [1.29, 1.82) is 0 Å². The summed E-state index contributed by atoms with van der Waals surface area (Å²) in [7, 11) is 0. The van der Waals surface area contributed by atoms with E-state index in [1.165, 1.54) is 5.56 Å². The number of thioether (sulfide) groups is 1. The van der Waals surface area contributed by atoms with E-state index in [-0.39, 0.29) is 11.2 Å². The minimum atomic E-state index is -0.0975. The lowest BCUT2D eigenvalue weighted by Gasteiger charge is -2.15. The van der Waals surface area contributed by atoms with E-state index in [0.29, 0.717) is 18.4 Å². The summed E-state index contributed by atoms with van der Waals surface area (Å²) in [4.78, 5) is 12.0. The number of carbonyl (C=O) groups excluding carboxylic acids is 1. The van der Waals surface area contributed by atoms with Crippen LogP contribution in [0.2, 0.25) is 0 Å². The molecule has 1 aromatic carbocycles. The quantitative estimate of drug-likeness (QED) is 0.516. The second-order valence-corrected chi connectivity index (χ2v) is 6.64. The van der Waals surface area contributed by atoms with Gasteiger partial charge in [-0.2, -0.15) is 0 Å². The molecule has 20 heavy (non-hydrogen) atoms. The summed E-state index contributed by atoms with van der Waals surface area (Å²) in [5.41, 5.74) is 2.31. The summed E-state index contributed by atoms with van der Waals surface area (Å²) in [5, 5.41) is -0.0894. The van der Waals surface area contributed by atoms with Crippen molar-refractivity contribution >= 4 is 29.3 Å². The van der Waals surface area contributed by atoms with E-state index >= 15 is 0 Å². The molecule has 0 spiro atoms. The fraction of sp³-hybridized carbons (Fsp3) is 0.562. The van der Waals surface area contributed by atoms with Gasteiger partial charge in [0.1, 0.15) is 5.25 Å². The fourth-order valence-electron chi connectivity index (χ4n) is 1.69. The van der Waals surface area contributed by atoms with Gasteiger partial charge in [-0.1, -0.05) is 45.0 Å². The molecular weight excluding hydrogens is 292 g/mol. The van der Waals surface area contributed by atoms with Crippen LogP contribution >= 0.6 is 23.4 Å². The normalized spacial score (nSPS) is 12.4. The monoisotopic (exact) mass is 314 g/mol. The van der Waals surface area contributed by atoms with Crippen molar-refractivity contribution in [3.05, 3.63) is 35.4 Å². The molecule has 0 aliphatic carbocycles. The third-order valence-corrected chi connectivity index (χ3v) is 4.53. The van der Waals surface area contributed by atoms with Crippen molar-refractivity contribution in [2.75, 3.05) is 6.61 Å². The third-order valence-electron chi connectivity index (χ3n) is 2.79. The smallest absolute Gasteiger partial charge is 0.319 e. The Balaban J connectivity index is 2.49. The highest BCUT2D eigenvalue weighted by Gasteiger charge is 2.18. The SMILES string of the molecule is CCC(SCc1cccc(CCl)c1)C(=O)OCC(C)C. The number of hydrogen-bond acceptors (Lipinski definition) is 3. The lowest BCUT2D eigenvalue weighted by molar-refractivity contribution is -0.144. The van der Waals surface area contributed by atoms with Crippen LogP contribution in [0.5, 0.6) is 0 Å². The fourth-order valence-corrected chi connectivity index (χ4v) is 2.87. The molecule has 0 saturated heterocycles. The Bertz CT molecular complexity index is 421. The van der Waals surface area contributed by atoms with E-state index in [9.17, 15) is 4.79 Å². The Hall–Kier alpha value is -0.670. The van der Waals surface area contributed by atoms with Crippen LogP contribution in [-0.2, 0) is 21.2 Å². The van der Waals surface area contributed by atoms with Gasteiger partial charge in [0.2, 0.25) is 0 Å². The molecule has 1 atom stereocenters. The summed E-state index contributed by atoms with van der Waals surface area (Å²) < 4.78 is 5.31. The molecule has 0 amide bonds. The molecule has 0 N–H and O–H groups in total. The molecule has 0 bridgehead atoms. The van der Waals surface area contributed by atoms with E-state index in [1.807, 2.05) is 32.9 Å². The molecule has 1 unspecified atom stereocenters. The van der Waals surface area contributed by atoms with Crippen LogP contribution < -0.4 is 0 Å². The summed E-state index contributed by atoms with van der Waals surface area (Å²) in [6.07, 6.45) is 0.788. The number of ether oxygens (including phenoxy) is 1. The predicted molar refractivity (Wildman–Crippen MR) is 87.2 cm³/mol. The molecule has 0 fully saturated rings. The zero-order chi connectivity index (χ0) is 15.0. The van der Waals surface area contributed by atoms with Gasteiger partial charge in [0.25, 0.3) is 0 Å². The Morgan fingerprint density at radius 1 is 1.35 bits per heavy atom. The summed E-state index contributed by atoms with van der Waals surface area (Å²) >= 11 is 7.47. The van der Waals surface area contributed by atoms with Crippen molar-refractivity contribution in [2.24, 2.45) is 5.92 Å². The molecule has 4 heteroatoms. The number of hydrogen-bond donors (Lipinski definition) is 0. The first-order valence-electron chi connectivity index (χ1n) is 6.98. The highest BCUT2D eigenvalue weighted by Crippen LogP contribution is 2.22. The number of rotatable bonds is 8. The van der Waals surface area contributed by atoms with Crippen LogP contribution in [0.1, 0.15) is 38.3 Å². The second-order valence-electron chi connectivity index (χ2n) is 5.19. The van der Waals surface area contributed by atoms with Gasteiger partial charge in [-0.3, -0.25) is 4.79 Å². The number of esters is 1. The lowest BCUT2D eigenvalue weighted by Crippen LogP contribution is -2.21. The summed E-state index contributed by atoms with van der Waals surface area (Å²) in [6.45, 7) is 6.60. The molecule has 1 aromatic rings. The number of halogens is 1. The van der Waals surface area contributed by atoms with Gasteiger partial charge >= 0.3 is 5.97 Å². The minimum Gasteiger partial charge on any atom is -0.465 e. The molecule has 0 aromatic heterocycles. The van der Waals surface area contributed by atoms with Crippen molar-refractivity contribution in [1.82, 2.24) is 0 Å². The van der Waals surface area contributed by atoms with Gasteiger partial charge in [-0.05, 0) is 23.5 Å². The van der Waals surface area contributed by atoms with Gasteiger partial charge in [0, 0.05) is 11.6 Å². The first-order valence-corrected chi connectivity index (χ1v) is 8.57. The van der Waals surface area contributed by atoms with Crippen molar-refractivity contribution in [2.45, 2.75) is 44.1 Å². The van der Waals surface area contributed by atoms with E-state index < -0.39 is 0 Å².